The second-order valence-electron chi connectivity index (χ2n) is 4.90. The highest BCUT2D eigenvalue weighted by molar-refractivity contribution is 5.51. The molecule has 4 nitrogen and oxygen atoms in total. The Morgan fingerprint density at radius 2 is 1.95 bits per heavy atom. The molecule has 1 fully saturated rings. The van der Waals surface area contributed by atoms with Gasteiger partial charge in [-0.15, -0.1) is 0 Å². The number of piperazine rings is 1. The van der Waals surface area contributed by atoms with Gasteiger partial charge in [0.05, 0.1) is 12.3 Å². The van der Waals surface area contributed by atoms with Crippen molar-refractivity contribution in [3.63, 3.8) is 0 Å². The standard InChI is InChI=1S/C15H23FN2O2/c1-19-10-2-3-11-20-13-4-5-15(14(16)12-13)18-8-6-17-7-9-18/h4-5,12,17H,2-3,6-11H2,1H3. The van der Waals surface area contributed by atoms with Crippen LogP contribution in [0.3, 0.4) is 0 Å². The van der Waals surface area contributed by atoms with E-state index in [0.29, 0.717) is 18.0 Å². The normalized spacial score (nSPS) is 15.4. The SMILES string of the molecule is COCCCCOc1ccc(N2CCNCC2)c(F)c1. The van der Waals surface area contributed by atoms with E-state index in [9.17, 15) is 4.39 Å². The zero-order chi connectivity index (χ0) is 14.2. The highest BCUT2D eigenvalue weighted by atomic mass is 19.1. The molecule has 0 saturated carbocycles. The van der Waals surface area contributed by atoms with Crippen LogP contribution in [0, 0.1) is 5.82 Å². The molecular weight excluding hydrogens is 259 g/mol. The maximum absolute atomic E-state index is 14.1. The number of methoxy groups -OCH3 is 1. The molecule has 2 rings (SSSR count). The minimum atomic E-state index is -0.207. The molecule has 20 heavy (non-hydrogen) atoms. The second-order valence-corrected chi connectivity index (χ2v) is 4.90. The van der Waals surface area contributed by atoms with E-state index in [1.165, 1.54) is 6.07 Å². The van der Waals surface area contributed by atoms with Gasteiger partial charge in [-0.25, -0.2) is 4.39 Å². The van der Waals surface area contributed by atoms with Crippen LogP contribution >= 0.6 is 0 Å². The fourth-order valence-corrected chi connectivity index (χ4v) is 2.28. The molecule has 5 heteroatoms. The second kappa shape index (κ2) is 8.07. The first-order valence-corrected chi connectivity index (χ1v) is 7.18. The van der Waals surface area contributed by atoms with Crippen LogP contribution in [-0.4, -0.2) is 46.5 Å². The Morgan fingerprint density at radius 3 is 2.65 bits per heavy atom. The van der Waals surface area contributed by atoms with Gasteiger partial charge >= 0.3 is 0 Å². The zero-order valence-electron chi connectivity index (χ0n) is 12.0. The van der Waals surface area contributed by atoms with Gasteiger partial charge in [-0.05, 0) is 25.0 Å². The molecule has 1 N–H and O–H groups in total. The Labute approximate surface area is 119 Å². The number of nitrogens with zero attached hydrogens (tertiary/aromatic N) is 1. The third kappa shape index (κ3) is 4.35. The molecule has 0 radical (unpaired) electrons. The van der Waals surface area contributed by atoms with Crippen molar-refractivity contribution < 1.29 is 13.9 Å². The lowest BCUT2D eigenvalue weighted by molar-refractivity contribution is 0.184. The van der Waals surface area contributed by atoms with Gasteiger partial charge in [0.2, 0.25) is 0 Å². The molecule has 0 aliphatic carbocycles. The van der Waals surface area contributed by atoms with Crippen LogP contribution in [0.15, 0.2) is 18.2 Å². The summed E-state index contributed by atoms with van der Waals surface area (Å²) in [6.45, 7) is 4.81. The first kappa shape index (κ1) is 15.1. The van der Waals surface area contributed by atoms with E-state index >= 15 is 0 Å². The van der Waals surface area contributed by atoms with E-state index in [1.54, 1.807) is 7.11 Å². The maximum Gasteiger partial charge on any atom is 0.150 e. The molecule has 0 aromatic heterocycles. The van der Waals surface area contributed by atoms with Crippen LogP contribution in [0.2, 0.25) is 0 Å². The zero-order valence-corrected chi connectivity index (χ0v) is 12.0. The van der Waals surface area contributed by atoms with Crippen molar-refractivity contribution >= 4 is 5.69 Å². The van der Waals surface area contributed by atoms with Crippen molar-refractivity contribution in [3.05, 3.63) is 24.0 Å². The summed E-state index contributed by atoms with van der Waals surface area (Å²) in [6, 6.07) is 5.13. The highest BCUT2D eigenvalue weighted by Gasteiger charge is 2.14. The molecule has 1 saturated heterocycles. The Kier molecular flexibility index (Phi) is 6.08. The number of rotatable bonds is 7. The monoisotopic (exact) mass is 282 g/mol. The third-order valence-corrected chi connectivity index (χ3v) is 3.39. The summed E-state index contributed by atoms with van der Waals surface area (Å²) in [5.74, 6) is 0.389. The Balaban J connectivity index is 1.85. The van der Waals surface area contributed by atoms with Crippen LogP contribution in [0.25, 0.3) is 0 Å². The van der Waals surface area contributed by atoms with E-state index in [1.807, 2.05) is 12.1 Å². The number of ether oxygens (including phenoxy) is 2. The van der Waals surface area contributed by atoms with Crippen LogP contribution < -0.4 is 15.0 Å². The molecule has 1 aromatic carbocycles. The molecule has 1 aliphatic rings. The van der Waals surface area contributed by atoms with Gasteiger partial charge in [0.1, 0.15) is 11.6 Å². The van der Waals surface area contributed by atoms with Crippen LogP contribution in [0.1, 0.15) is 12.8 Å². The number of anilines is 1. The topological polar surface area (TPSA) is 33.7 Å². The van der Waals surface area contributed by atoms with Crippen molar-refractivity contribution in [3.8, 4) is 5.75 Å². The van der Waals surface area contributed by atoms with Crippen LogP contribution in [-0.2, 0) is 4.74 Å². The summed E-state index contributed by atoms with van der Waals surface area (Å²) in [6.07, 6.45) is 1.87. The molecule has 0 atom stereocenters. The van der Waals surface area contributed by atoms with Gasteiger partial charge < -0.3 is 19.7 Å². The van der Waals surface area contributed by atoms with Crippen molar-refractivity contribution in [2.45, 2.75) is 12.8 Å². The quantitative estimate of drug-likeness (QED) is 0.776. The van der Waals surface area contributed by atoms with Crippen molar-refractivity contribution in [2.75, 3.05) is 51.4 Å². The van der Waals surface area contributed by atoms with Gasteiger partial charge in [-0.3, -0.25) is 0 Å². The first-order valence-electron chi connectivity index (χ1n) is 7.18. The molecule has 0 amide bonds. The molecular formula is C15H23FN2O2. The number of unbranched alkanes of at least 4 members (excludes halogenated alkanes) is 1. The molecule has 1 heterocycles. The lowest BCUT2D eigenvalue weighted by Crippen LogP contribution is -2.43. The number of halogens is 1. The number of hydrogen-bond acceptors (Lipinski definition) is 4. The molecule has 0 unspecified atom stereocenters. The van der Waals surface area contributed by atoms with Crippen molar-refractivity contribution in [1.82, 2.24) is 5.32 Å². The van der Waals surface area contributed by atoms with Crippen LogP contribution in [0.4, 0.5) is 10.1 Å². The lowest BCUT2D eigenvalue weighted by atomic mass is 10.2. The smallest absolute Gasteiger partial charge is 0.150 e. The number of hydrogen-bond donors (Lipinski definition) is 1. The summed E-state index contributed by atoms with van der Waals surface area (Å²) >= 11 is 0. The highest BCUT2D eigenvalue weighted by Crippen LogP contribution is 2.24. The molecule has 1 aliphatic heterocycles. The lowest BCUT2D eigenvalue weighted by Gasteiger charge is -2.29. The van der Waals surface area contributed by atoms with Gasteiger partial charge in [0.25, 0.3) is 0 Å². The summed E-state index contributed by atoms with van der Waals surface area (Å²) in [4.78, 5) is 2.06. The average Bonchev–Trinajstić information content (AvgIpc) is 2.48. The predicted molar refractivity (Wildman–Crippen MR) is 78.1 cm³/mol. The summed E-state index contributed by atoms with van der Waals surface area (Å²) in [5.41, 5.74) is 0.665. The number of nitrogens with one attached hydrogen (secondary N) is 1. The predicted octanol–water partition coefficient (Wildman–Crippen LogP) is 2.04. The largest absolute Gasteiger partial charge is 0.493 e. The summed E-state index contributed by atoms with van der Waals surface area (Å²) < 4.78 is 24.6. The molecule has 1 aromatic rings. The fraction of sp³-hybridized carbons (Fsp3) is 0.600. The Morgan fingerprint density at radius 1 is 1.20 bits per heavy atom. The molecule has 0 bridgehead atoms. The number of benzene rings is 1. The van der Waals surface area contributed by atoms with E-state index in [0.717, 1.165) is 45.6 Å². The van der Waals surface area contributed by atoms with E-state index in [-0.39, 0.29) is 5.82 Å². The van der Waals surface area contributed by atoms with E-state index in [4.69, 9.17) is 9.47 Å². The molecule has 0 spiro atoms. The van der Waals surface area contributed by atoms with Crippen molar-refractivity contribution in [2.24, 2.45) is 0 Å². The van der Waals surface area contributed by atoms with Gasteiger partial charge in [-0.2, -0.15) is 0 Å². The minimum Gasteiger partial charge on any atom is -0.493 e. The fourth-order valence-electron chi connectivity index (χ4n) is 2.28. The van der Waals surface area contributed by atoms with E-state index in [2.05, 4.69) is 10.2 Å². The van der Waals surface area contributed by atoms with Gasteiger partial charge in [0.15, 0.2) is 0 Å². The Bertz CT molecular complexity index is 409. The maximum atomic E-state index is 14.1. The summed E-state index contributed by atoms with van der Waals surface area (Å²) in [5, 5.41) is 3.26. The van der Waals surface area contributed by atoms with Gasteiger partial charge in [0, 0.05) is 46.0 Å². The average molecular weight is 282 g/mol. The van der Waals surface area contributed by atoms with Gasteiger partial charge in [-0.1, -0.05) is 0 Å². The van der Waals surface area contributed by atoms with Crippen LogP contribution in [0.5, 0.6) is 5.75 Å². The van der Waals surface area contributed by atoms with E-state index < -0.39 is 0 Å². The summed E-state index contributed by atoms with van der Waals surface area (Å²) in [7, 11) is 1.69. The third-order valence-electron chi connectivity index (χ3n) is 3.39. The minimum absolute atomic E-state index is 0.207. The van der Waals surface area contributed by atoms with Crippen molar-refractivity contribution in [1.29, 1.82) is 0 Å². The first-order chi connectivity index (χ1) is 9.81. The molecule has 112 valence electrons. The Hall–Kier alpha value is -1.33.